The van der Waals surface area contributed by atoms with Crippen molar-refractivity contribution in [2.24, 2.45) is 0 Å². The van der Waals surface area contributed by atoms with Gasteiger partial charge in [-0.05, 0) is 18.2 Å². The van der Waals surface area contributed by atoms with Gasteiger partial charge in [0.2, 0.25) is 15.9 Å². The number of benzene rings is 1. The van der Waals surface area contributed by atoms with Gasteiger partial charge in [0.25, 0.3) is 5.22 Å². The molecule has 126 valence electrons. The number of nitrogens with zero attached hydrogens (tertiary/aromatic N) is 3. The Morgan fingerprint density at radius 3 is 2.65 bits per heavy atom. The fourth-order valence-electron chi connectivity index (χ4n) is 2.02. The van der Waals surface area contributed by atoms with Gasteiger partial charge in [0.15, 0.2) is 0 Å². The van der Waals surface area contributed by atoms with E-state index in [-0.39, 0.29) is 17.4 Å². The first-order chi connectivity index (χ1) is 11.0. The largest absolute Gasteiger partial charge is 0.411 e. The molecule has 0 bridgehead atoms. The van der Waals surface area contributed by atoms with E-state index in [4.69, 9.17) is 9.52 Å². The Hall–Kier alpha value is -1.42. The van der Waals surface area contributed by atoms with E-state index in [9.17, 15) is 8.42 Å². The Balaban J connectivity index is 2.31. The lowest BCUT2D eigenvalue weighted by Gasteiger charge is -2.18. The van der Waals surface area contributed by atoms with Gasteiger partial charge in [0, 0.05) is 24.4 Å². The second kappa shape index (κ2) is 7.91. The first-order valence-electron chi connectivity index (χ1n) is 7.20. The topological polar surface area (TPSA) is 96.5 Å². The molecule has 0 spiro atoms. The van der Waals surface area contributed by atoms with Gasteiger partial charge in [0.05, 0.1) is 11.5 Å². The van der Waals surface area contributed by atoms with Crippen molar-refractivity contribution in [1.29, 1.82) is 0 Å². The maximum Gasteiger partial charge on any atom is 0.276 e. The van der Waals surface area contributed by atoms with Gasteiger partial charge in [-0.15, -0.1) is 10.2 Å². The van der Waals surface area contributed by atoms with Crippen LogP contribution in [0.25, 0.3) is 11.5 Å². The molecule has 0 radical (unpaired) electrons. The van der Waals surface area contributed by atoms with Gasteiger partial charge in [-0.3, -0.25) is 0 Å². The summed E-state index contributed by atoms with van der Waals surface area (Å²) in [5.74, 6) is 0.708. The van der Waals surface area contributed by atoms with Gasteiger partial charge in [-0.25, -0.2) is 8.42 Å². The number of aliphatic hydroxyl groups excluding tert-OH is 1. The molecule has 0 saturated carbocycles. The standard InChI is InChI=1S/C14H19N3O4S2/c1-3-17(4-2)23(19,20)12-7-5-6-11(10-12)13-15-16-14(21-13)22-9-8-18/h5-7,10,18H,3-4,8-9H2,1-2H3. The molecule has 0 atom stereocenters. The SMILES string of the molecule is CCN(CC)S(=O)(=O)c1cccc(-c2nnc(SCCO)o2)c1. The fourth-order valence-corrected chi connectivity index (χ4v) is 4.03. The van der Waals surface area contributed by atoms with Crippen LogP contribution >= 0.6 is 11.8 Å². The van der Waals surface area contributed by atoms with Crippen molar-refractivity contribution in [2.45, 2.75) is 24.0 Å². The molecule has 1 N–H and O–H groups in total. The lowest BCUT2D eigenvalue weighted by atomic mass is 10.2. The highest BCUT2D eigenvalue weighted by molar-refractivity contribution is 7.99. The number of hydrogen-bond acceptors (Lipinski definition) is 7. The van der Waals surface area contributed by atoms with E-state index >= 15 is 0 Å². The van der Waals surface area contributed by atoms with E-state index in [1.807, 2.05) is 0 Å². The Labute approximate surface area is 139 Å². The molecule has 1 aromatic carbocycles. The van der Waals surface area contributed by atoms with Gasteiger partial charge in [-0.1, -0.05) is 31.7 Å². The van der Waals surface area contributed by atoms with Gasteiger partial charge < -0.3 is 9.52 Å². The molecule has 0 unspecified atom stereocenters. The molecule has 7 nitrogen and oxygen atoms in total. The van der Waals surface area contributed by atoms with Crippen LogP contribution in [0.2, 0.25) is 0 Å². The first-order valence-corrected chi connectivity index (χ1v) is 9.63. The predicted molar refractivity (Wildman–Crippen MR) is 87.7 cm³/mol. The molecule has 2 rings (SSSR count). The molecule has 1 aromatic heterocycles. The molecule has 1 heterocycles. The summed E-state index contributed by atoms with van der Waals surface area (Å²) in [7, 11) is -3.53. The highest BCUT2D eigenvalue weighted by atomic mass is 32.2. The molecule has 0 aliphatic rings. The summed E-state index contributed by atoms with van der Waals surface area (Å²) in [5, 5.41) is 16.9. The molecular weight excluding hydrogens is 338 g/mol. The van der Waals surface area contributed by atoms with Crippen LogP contribution in [0.5, 0.6) is 0 Å². The van der Waals surface area contributed by atoms with Crippen LogP contribution < -0.4 is 0 Å². The summed E-state index contributed by atoms with van der Waals surface area (Å²) in [6.45, 7) is 4.43. The van der Waals surface area contributed by atoms with E-state index in [1.165, 1.54) is 22.1 Å². The number of thioether (sulfide) groups is 1. The van der Waals surface area contributed by atoms with Crippen LogP contribution in [0, 0.1) is 0 Å². The first kappa shape index (κ1) is 17.9. The number of hydrogen-bond donors (Lipinski definition) is 1. The summed E-state index contributed by atoms with van der Waals surface area (Å²) in [5.41, 5.74) is 0.543. The van der Waals surface area contributed by atoms with E-state index in [2.05, 4.69) is 10.2 Å². The lowest BCUT2D eigenvalue weighted by molar-refractivity contribution is 0.322. The van der Waals surface area contributed by atoms with Crippen molar-refractivity contribution in [3.05, 3.63) is 24.3 Å². The third-order valence-corrected chi connectivity index (χ3v) is 5.99. The van der Waals surface area contributed by atoms with Crippen LogP contribution in [-0.2, 0) is 10.0 Å². The average Bonchev–Trinajstić information content (AvgIpc) is 3.03. The fraction of sp³-hybridized carbons (Fsp3) is 0.429. The quantitative estimate of drug-likeness (QED) is 0.720. The van der Waals surface area contributed by atoms with Crippen LogP contribution in [0.15, 0.2) is 38.8 Å². The monoisotopic (exact) mass is 357 g/mol. The van der Waals surface area contributed by atoms with E-state index in [0.717, 1.165) is 0 Å². The van der Waals surface area contributed by atoms with Crippen molar-refractivity contribution in [3.8, 4) is 11.5 Å². The minimum atomic E-state index is -3.53. The Kier molecular flexibility index (Phi) is 6.17. The van der Waals surface area contributed by atoms with E-state index < -0.39 is 10.0 Å². The molecule has 0 fully saturated rings. The smallest absolute Gasteiger partial charge is 0.276 e. The predicted octanol–water partition coefficient (Wildman–Crippen LogP) is 1.85. The van der Waals surface area contributed by atoms with E-state index in [1.54, 1.807) is 32.0 Å². The minimum absolute atomic E-state index is 0.0139. The number of rotatable bonds is 8. The summed E-state index contributed by atoms with van der Waals surface area (Å²) in [6, 6.07) is 6.45. The summed E-state index contributed by atoms with van der Waals surface area (Å²) in [6.07, 6.45) is 0. The summed E-state index contributed by atoms with van der Waals surface area (Å²) in [4.78, 5) is 0.196. The number of aliphatic hydroxyl groups is 1. The minimum Gasteiger partial charge on any atom is -0.411 e. The van der Waals surface area contributed by atoms with Crippen LogP contribution in [0.4, 0.5) is 0 Å². The summed E-state index contributed by atoms with van der Waals surface area (Å²) < 4.78 is 32.0. The molecule has 9 heteroatoms. The van der Waals surface area contributed by atoms with Crippen molar-refractivity contribution < 1.29 is 17.9 Å². The van der Waals surface area contributed by atoms with Crippen molar-refractivity contribution >= 4 is 21.8 Å². The molecule has 0 saturated heterocycles. The zero-order valence-electron chi connectivity index (χ0n) is 13.0. The molecule has 23 heavy (non-hydrogen) atoms. The lowest BCUT2D eigenvalue weighted by Crippen LogP contribution is -2.30. The van der Waals surface area contributed by atoms with Crippen LogP contribution in [0.3, 0.4) is 0 Å². The number of sulfonamides is 1. The van der Waals surface area contributed by atoms with Crippen LogP contribution in [0.1, 0.15) is 13.8 Å². The third kappa shape index (κ3) is 4.11. The maximum atomic E-state index is 12.6. The van der Waals surface area contributed by atoms with Crippen molar-refractivity contribution in [1.82, 2.24) is 14.5 Å². The van der Waals surface area contributed by atoms with Crippen LogP contribution in [-0.4, -0.2) is 53.5 Å². The summed E-state index contributed by atoms with van der Waals surface area (Å²) >= 11 is 1.24. The van der Waals surface area contributed by atoms with E-state index in [0.29, 0.717) is 29.6 Å². The molecule has 0 amide bonds. The van der Waals surface area contributed by atoms with Crippen molar-refractivity contribution in [2.75, 3.05) is 25.4 Å². The number of aromatic nitrogens is 2. The highest BCUT2D eigenvalue weighted by Gasteiger charge is 2.22. The second-order valence-electron chi connectivity index (χ2n) is 4.56. The molecule has 0 aliphatic heterocycles. The Bertz CT molecular complexity index is 742. The van der Waals surface area contributed by atoms with Crippen molar-refractivity contribution in [3.63, 3.8) is 0 Å². The van der Waals surface area contributed by atoms with Gasteiger partial charge in [0.1, 0.15) is 0 Å². The Morgan fingerprint density at radius 2 is 2.00 bits per heavy atom. The van der Waals surface area contributed by atoms with Gasteiger partial charge in [-0.2, -0.15) is 4.31 Å². The average molecular weight is 357 g/mol. The molecule has 2 aromatic rings. The molecule has 0 aliphatic carbocycles. The molecular formula is C14H19N3O4S2. The second-order valence-corrected chi connectivity index (χ2v) is 7.55. The zero-order valence-corrected chi connectivity index (χ0v) is 14.6. The zero-order chi connectivity index (χ0) is 16.9. The third-order valence-electron chi connectivity index (χ3n) is 3.15. The maximum absolute atomic E-state index is 12.6. The Morgan fingerprint density at radius 1 is 1.26 bits per heavy atom. The van der Waals surface area contributed by atoms with Gasteiger partial charge >= 0.3 is 0 Å². The highest BCUT2D eigenvalue weighted by Crippen LogP contribution is 2.26. The normalized spacial score (nSPS) is 12.0.